The van der Waals surface area contributed by atoms with Gasteiger partial charge in [-0.05, 0) is 36.8 Å². The van der Waals surface area contributed by atoms with Crippen molar-refractivity contribution in [1.82, 2.24) is 4.57 Å². The highest BCUT2D eigenvalue weighted by atomic mass is 32.1. The van der Waals surface area contributed by atoms with Crippen LogP contribution in [0.4, 0.5) is 5.69 Å². The van der Waals surface area contributed by atoms with Crippen LogP contribution in [0.2, 0.25) is 0 Å². The van der Waals surface area contributed by atoms with E-state index in [4.69, 9.17) is 0 Å². The van der Waals surface area contributed by atoms with E-state index < -0.39 is 0 Å². The summed E-state index contributed by atoms with van der Waals surface area (Å²) in [4.78, 5) is 15.4. The summed E-state index contributed by atoms with van der Waals surface area (Å²) in [6.45, 7) is 7.17. The summed E-state index contributed by atoms with van der Waals surface area (Å²) in [5, 5.41) is 1.14. The number of hydrogen-bond acceptors (Lipinski definition) is 4. The maximum Gasteiger partial charge on any atom is 0.269 e. The van der Waals surface area contributed by atoms with Crippen LogP contribution in [0.15, 0.2) is 65.1 Å². The van der Waals surface area contributed by atoms with E-state index in [2.05, 4.69) is 98.1 Å². The van der Waals surface area contributed by atoms with Gasteiger partial charge in [0, 0.05) is 36.5 Å². The van der Waals surface area contributed by atoms with Crippen molar-refractivity contribution >= 4 is 50.7 Å². The highest BCUT2D eigenvalue weighted by Crippen LogP contribution is 2.46. The predicted molar refractivity (Wildman–Crippen MR) is 140 cm³/mol. The van der Waals surface area contributed by atoms with Gasteiger partial charge in [0.05, 0.1) is 10.6 Å². The zero-order valence-electron chi connectivity index (χ0n) is 19.6. The highest BCUT2D eigenvalue weighted by molar-refractivity contribution is 7.19. The quantitative estimate of drug-likeness (QED) is 0.422. The molecule has 2 aromatic carbocycles. The van der Waals surface area contributed by atoms with Gasteiger partial charge in [-0.3, -0.25) is 9.36 Å². The van der Waals surface area contributed by atoms with Crippen LogP contribution < -0.4 is 24.2 Å². The Kier molecular flexibility index (Phi) is 5.38. The zero-order valence-corrected chi connectivity index (χ0v) is 21.3. The third kappa shape index (κ3) is 3.49. The molecule has 0 saturated carbocycles. The Labute approximate surface area is 201 Å². The Balaban J connectivity index is 1.63. The molecular weight excluding hydrogens is 446 g/mol. The third-order valence-corrected chi connectivity index (χ3v) is 8.85. The van der Waals surface area contributed by atoms with Gasteiger partial charge in [-0.15, -0.1) is 11.3 Å². The second kappa shape index (κ2) is 8.12. The molecule has 0 aliphatic carbocycles. The number of aryl methyl sites for hydroxylation is 1. The average molecular weight is 475 g/mol. The van der Waals surface area contributed by atoms with Crippen molar-refractivity contribution in [3.63, 3.8) is 0 Å². The van der Waals surface area contributed by atoms with Crippen molar-refractivity contribution in [3.8, 4) is 0 Å². The molecule has 0 N–H and O–H groups in total. The van der Waals surface area contributed by atoms with E-state index in [0.29, 0.717) is 6.54 Å². The van der Waals surface area contributed by atoms with E-state index >= 15 is 0 Å². The summed E-state index contributed by atoms with van der Waals surface area (Å²) in [7, 11) is 4.19. The molecule has 0 unspecified atom stereocenters. The van der Waals surface area contributed by atoms with Crippen LogP contribution in [-0.4, -0.2) is 11.6 Å². The minimum atomic E-state index is -0.108. The number of nitrogens with zero attached hydrogens (tertiary/aromatic N) is 3. The lowest BCUT2D eigenvalue weighted by Gasteiger charge is -2.23. The number of anilines is 1. The van der Waals surface area contributed by atoms with Crippen molar-refractivity contribution in [2.45, 2.75) is 32.7 Å². The van der Waals surface area contributed by atoms with Crippen molar-refractivity contribution in [2.24, 2.45) is 7.05 Å². The fraction of sp³-hybridized carbons (Fsp3) is 0.259. The van der Waals surface area contributed by atoms with Crippen LogP contribution in [-0.2, 0) is 19.0 Å². The fourth-order valence-corrected chi connectivity index (χ4v) is 6.98. The molecular formula is C27H28N3OS2+. The minimum Gasteiger partial charge on any atom is -0.347 e. The Morgan fingerprint density at radius 2 is 1.76 bits per heavy atom. The molecule has 0 bridgehead atoms. The monoisotopic (exact) mass is 474 g/mol. The second-order valence-electron chi connectivity index (χ2n) is 8.89. The molecule has 6 heteroatoms. The number of benzene rings is 2. The number of aromatic nitrogens is 2. The van der Waals surface area contributed by atoms with Gasteiger partial charge in [0.25, 0.3) is 10.6 Å². The molecule has 0 amide bonds. The Bertz CT molecular complexity index is 1580. The molecule has 168 valence electrons. The van der Waals surface area contributed by atoms with Crippen molar-refractivity contribution in [2.75, 3.05) is 11.9 Å². The number of allylic oxidation sites excluding steroid dienone is 2. The molecule has 4 nitrogen and oxygen atoms in total. The van der Waals surface area contributed by atoms with Crippen LogP contribution >= 0.6 is 22.7 Å². The van der Waals surface area contributed by atoms with E-state index in [1.807, 2.05) is 17.6 Å². The van der Waals surface area contributed by atoms with Crippen LogP contribution in [0.1, 0.15) is 31.3 Å². The smallest absolute Gasteiger partial charge is 0.269 e. The van der Waals surface area contributed by atoms with Crippen molar-refractivity contribution < 1.29 is 4.57 Å². The number of thiazole rings is 2. The maximum absolute atomic E-state index is 13.2. The maximum atomic E-state index is 13.2. The lowest BCUT2D eigenvalue weighted by atomic mass is 9.84. The summed E-state index contributed by atoms with van der Waals surface area (Å²) >= 11 is 3.31. The van der Waals surface area contributed by atoms with Gasteiger partial charge in [0.15, 0.2) is 0 Å². The van der Waals surface area contributed by atoms with Crippen molar-refractivity contribution in [3.05, 3.63) is 90.4 Å². The average Bonchev–Trinajstić information content (AvgIpc) is 3.35. The first-order valence-corrected chi connectivity index (χ1v) is 12.8. The summed E-state index contributed by atoms with van der Waals surface area (Å²) in [5.74, 6) is 0. The van der Waals surface area contributed by atoms with Gasteiger partial charge in [-0.2, -0.15) is 4.57 Å². The largest absolute Gasteiger partial charge is 0.347 e. The van der Waals surface area contributed by atoms with Gasteiger partial charge in [-0.1, -0.05) is 55.5 Å². The molecule has 4 aromatic rings. The topological polar surface area (TPSA) is 29.1 Å². The Hall–Kier alpha value is -2.96. The molecule has 1 aliphatic heterocycles. The van der Waals surface area contributed by atoms with Crippen LogP contribution in [0, 0.1) is 0 Å². The molecule has 2 aromatic heterocycles. The molecule has 0 fully saturated rings. The van der Waals surface area contributed by atoms with Gasteiger partial charge >= 0.3 is 0 Å². The van der Waals surface area contributed by atoms with E-state index in [9.17, 15) is 4.79 Å². The first kappa shape index (κ1) is 21.9. The normalized spacial score (nSPS) is 17.5. The molecule has 0 saturated heterocycles. The van der Waals surface area contributed by atoms with Crippen LogP contribution in [0.25, 0.3) is 22.4 Å². The standard InChI is InChI=1S/C27H28N3OS2/c1-6-30-25(17-24-29(5)20-13-9-10-14-21(20)32-24)33-22(26(30)31)15-16-23-27(2,3)18-11-7-8-12-19(18)28(23)4/h7-17H,6H2,1-5H3/q+1/b22-15-,23-16+. The molecule has 1 aliphatic rings. The van der Waals surface area contributed by atoms with Gasteiger partial charge in [0.2, 0.25) is 5.52 Å². The molecule has 3 heterocycles. The summed E-state index contributed by atoms with van der Waals surface area (Å²) in [5.41, 5.74) is 4.91. The number of para-hydroxylation sites is 2. The van der Waals surface area contributed by atoms with Gasteiger partial charge in [0.1, 0.15) is 16.4 Å². The first-order chi connectivity index (χ1) is 15.8. The third-order valence-electron chi connectivity index (χ3n) is 6.60. The first-order valence-electron chi connectivity index (χ1n) is 11.2. The molecule has 33 heavy (non-hydrogen) atoms. The summed E-state index contributed by atoms with van der Waals surface area (Å²) in [6, 6.07) is 16.9. The van der Waals surface area contributed by atoms with E-state index in [1.54, 1.807) is 22.7 Å². The lowest BCUT2D eigenvalue weighted by molar-refractivity contribution is -0.642. The van der Waals surface area contributed by atoms with Crippen LogP contribution in [0.3, 0.4) is 0 Å². The van der Waals surface area contributed by atoms with Crippen LogP contribution in [0.5, 0.6) is 0 Å². The molecule has 5 rings (SSSR count). The molecule has 0 atom stereocenters. The van der Waals surface area contributed by atoms with E-state index in [1.165, 1.54) is 27.2 Å². The number of fused-ring (bicyclic) bond motifs is 2. The molecule has 0 spiro atoms. The van der Waals surface area contributed by atoms with Gasteiger partial charge < -0.3 is 4.90 Å². The molecule has 0 radical (unpaired) electrons. The van der Waals surface area contributed by atoms with E-state index in [0.717, 1.165) is 14.2 Å². The van der Waals surface area contributed by atoms with E-state index in [-0.39, 0.29) is 11.0 Å². The lowest BCUT2D eigenvalue weighted by Crippen LogP contribution is -2.32. The fourth-order valence-electron chi connectivity index (χ4n) is 4.77. The summed E-state index contributed by atoms with van der Waals surface area (Å²) < 4.78 is 7.06. The zero-order chi connectivity index (χ0) is 23.3. The number of likely N-dealkylation sites (N-methyl/N-ethyl adjacent to an activating group) is 1. The second-order valence-corrected chi connectivity index (χ2v) is 11.0. The summed E-state index contributed by atoms with van der Waals surface area (Å²) in [6.07, 6.45) is 6.27. The van der Waals surface area contributed by atoms with Gasteiger partial charge in [-0.25, -0.2) is 0 Å². The van der Waals surface area contributed by atoms with Crippen molar-refractivity contribution in [1.29, 1.82) is 0 Å². The number of hydrogen-bond donors (Lipinski definition) is 0. The Morgan fingerprint density at radius 3 is 2.48 bits per heavy atom. The SMILES string of the molecule is CCn1c(=O)/c(=C/C=C2/N(C)c3ccccc3C2(C)C)s/c1=C\c1sc2ccccc2[n+]1C. The highest BCUT2D eigenvalue weighted by Gasteiger charge is 2.37. The minimum absolute atomic E-state index is 0.0744. The predicted octanol–water partition coefficient (Wildman–Crippen LogP) is 3.89. The Morgan fingerprint density at radius 1 is 1.03 bits per heavy atom. The number of rotatable bonds is 3.